The summed E-state index contributed by atoms with van der Waals surface area (Å²) in [5.74, 6) is 5.55. The SMILES string of the molecule is O=S(=O)(NCc1ccco1)c1cncc(C#CCO)c1. The van der Waals surface area contributed by atoms with Crippen molar-refractivity contribution in [1.29, 1.82) is 0 Å². The maximum atomic E-state index is 12.1. The second-order valence-electron chi connectivity index (χ2n) is 3.77. The molecular formula is C13H12N2O4S. The fraction of sp³-hybridized carbons (Fsp3) is 0.154. The summed E-state index contributed by atoms with van der Waals surface area (Å²) >= 11 is 0. The molecule has 0 saturated heterocycles. The first-order chi connectivity index (χ1) is 9.62. The first kappa shape index (κ1) is 14.3. The molecule has 0 bridgehead atoms. The van der Waals surface area contributed by atoms with Crippen molar-refractivity contribution in [3.05, 3.63) is 48.2 Å². The van der Waals surface area contributed by atoms with E-state index in [1.165, 1.54) is 24.7 Å². The minimum atomic E-state index is -3.69. The summed E-state index contributed by atoms with van der Waals surface area (Å²) in [6.07, 6.45) is 4.12. The summed E-state index contributed by atoms with van der Waals surface area (Å²) in [6, 6.07) is 4.74. The van der Waals surface area contributed by atoms with Crippen LogP contribution in [0.4, 0.5) is 0 Å². The third kappa shape index (κ3) is 3.68. The molecule has 0 radical (unpaired) electrons. The zero-order valence-corrected chi connectivity index (χ0v) is 11.2. The summed E-state index contributed by atoms with van der Waals surface area (Å²) in [6.45, 7) is -0.240. The van der Waals surface area contributed by atoms with Gasteiger partial charge in [-0.3, -0.25) is 4.98 Å². The van der Waals surface area contributed by atoms with Gasteiger partial charge in [0.2, 0.25) is 10.0 Å². The Hall–Kier alpha value is -2.14. The molecule has 0 aromatic carbocycles. The molecule has 0 unspecified atom stereocenters. The molecule has 6 nitrogen and oxygen atoms in total. The predicted octanol–water partition coefficient (Wildman–Crippen LogP) is 0.497. The molecule has 0 fully saturated rings. The highest BCUT2D eigenvalue weighted by atomic mass is 32.2. The molecule has 0 saturated carbocycles. The van der Waals surface area contributed by atoms with E-state index in [4.69, 9.17) is 9.52 Å². The van der Waals surface area contributed by atoms with Gasteiger partial charge in [0.15, 0.2) is 0 Å². The van der Waals surface area contributed by atoms with Crippen LogP contribution in [-0.4, -0.2) is 25.1 Å². The molecule has 7 heteroatoms. The normalized spacial score (nSPS) is 10.8. The van der Waals surface area contributed by atoms with Gasteiger partial charge in [0, 0.05) is 18.0 Å². The van der Waals surface area contributed by atoms with E-state index in [2.05, 4.69) is 21.5 Å². The van der Waals surface area contributed by atoms with Gasteiger partial charge >= 0.3 is 0 Å². The minimum absolute atomic E-state index is 0.00814. The number of aromatic nitrogens is 1. The van der Waals surface area contributed by atoms with E-state index in [1.54, 1.807) is 12.1 Å². The van der Waals surface area contributed by atoms with E-state index >= 15 is 0 Å². The standard InChI is InChI=1S/C13H12N2O4S/c16-5-1-3-11-7-13(10-14-8-11)20(17,18)15-9-12-4-2-6-19-12/h2,4,6-8,10,15-16H,5,9H2. The number of hydrogen-bond acceptors (Lipinski definition) is 5. The number of aliphatic hydroxyl groups excluding tert-OH is 1. The van der Waals surface area contributed by atoms with Crippen LogP contribution in [0.5, 0.6) is 0 Å². The van der Waals surface area contributed by atoms with Crippen molar-refractivity contribution in [2.45, 2.75) is 11.4 Å². The van der Waals surface area contributed by atoms with E-state index in [0.29, 0.717) is 11.3 Å². The molecule has 2 aromatic rings. The minimum Gasteiger partial charge on any atom is -0.468 e. The van der Waals surface area contributed by atoms with Crippen molar-refractivity contribution in [3.8, 4) is 11.8 Å². The molecule has 2 aromatic heterocycles. The Morgan fingerprint density at radius 3 is 2.95 bits per heavy atom. The molecule has 2 rings (SSSR count). The van der Waals surface area contributed by atoms with Gasteiger partial charge in [0.05, 0.1) is 12.8 Å². The number of nitrogens with one attached hydrogen (secondary N) is 1. The molecule has 0 aliphatic heterocycles. The van der Waals surface area contributed by atoms with Crippen LogP contribution in [0.1, 0.15) is 11.3 Å². The van der Waals surface area contributed by atoms with Crippen molar-refractivity contribution >= 4 is 10.0 Å². The second-order valence-corrected chi connectivity index (χ2v) is 5.54. The summed E-state index contributed by atoms with van der Waals surface area (Å²) in [5, 5.41) is 8.61. The van der Waals surface area contributed by atoms with Gasteiger partial charge in [-0.2, -0.15) is 0 Å². The van der Waals surface area contributed by atoms with Gasteiger partial charge in [-0.1, -0.05) is 11.8 Å². The zero-order valence-electron chi connectivity index (χ0n) is 10.4. The van der Waals surface area contributed by atoms with Gasteiger partial charge < -0.3 is 9.52 Å². The fourth-order valence-corrected chi connectivity index (χ4v) is 2.42. The number of rotatable bonds is 4. The molecular weight excluding hydrogens is 280 g/mol. The molecule has 2 N–H and O–H groups in total. The first-order valence-corrected chi connectivity index (χ1v) is 7.17. The van der Waals surface area contributed by atoms with Crippen LogP contribution in [0.25, 0.3) is 0 Å². The molecule has 0 spiro atoms. The number of furan rings is 1. The summed E-state index contributed by atoms with van der Waals surface area (Å²) in [4.78, 5) is 3.83. The average molecular weight is 292 g/mol. The second kappa shape index (κ2) is 6.34. The fourth-order valence-electron chi connectivity index (χ4n) is 1.44. The average Bonchev–Trinajstić information content (AvgIpc) is 2.97. The number of nitrogens with zero attached hydrogens (tertiary/aromatic N) is 1. The molecule has 0 amide bonds. The number of pyridine rings is 1. The van der Waals surface area contributed by atoms with Crippen LogP contribution < -0.4 is 4.72 Å². The van der Waals surface area contributed by atoms with Gasteiger partial charge in [-0.25, -0.2) is 13.1 Å². The third-order valence-electron chi connectivity index (χ3n) is 2.35. The predicted molar refractivity (Wildman–Crippen MR) is 70.9 cm³/mol. The van der Waals surface area contributed by atoms with Crippen LogP contribution in [0.2, 0.25) is 0 Å². The Morgan fingerprint density at radius 1 is 1.40 bits per heavy atom. The van der Waals surface area contributed by atoms with Crippen LogP contribution in [0, 0.1) is 11.8 Å². The topological polar surface area (TPSA) is 92.4 Å². The van der Waals surface area contributed by atoms with Crippen LogP contribution in [0.3, 0.4) is 0 Å². The maximum Gasteiger partial charge on any atom is 0.242 e. The lowest BCUT2D eigenvalue weighted by Crippen LogP contribution is -2.23. The lowest BCUT2D eigenvalue weighted by molar-refractivity contribution is 0.350. The third-order valence-corrected chi connectivity index (χ3v) is 3.72. The number of hydrogen-bond donors (Lipinski definition) is 2. The molecule has 104 valence electrons. The molecule has 0 aliphatic rings. The van der Waals surface area contributed by atoms with Crippen molar-refractivity contribution in [2.24, 2.45) is 0 Å². The van der Waals surface area contributed by atoms with Gasteiger partial charge in [-0.05, 0) is 18.2 Å². The van der Waals surface area contributed by atoms with E-state index in [1.807, 2.05) is 0 Å². The largest absolute Gasteiger partial charge is 0.468 e. The molecule has 0 atom stereocenters. The summed E-state index contributed by atoms with van der Waals surface area (Å²) in [5.41, 5.74) is 0.417. The zero-order chi connectivity index (χ0) is 14.4. The molecule has 0 aliphatic carbocycles. The van der Waals surface area contributed by atoms with E-state index in [0.717, 1.165) is 0 Å². The van der Waals surface area contributed by atoms with E-state index in [-0.39, 0.29) is 18.0 Å². The Balaban J connectivity index is 2.16. The lowest BCUT2D eigenvalue weighted by atomic mass is 10.3. The monoisotopic (exact) mass is 292 g/mol. The summed E-state index contributed by atoms with van der Waals surface area (Å²) in [7, 11) is -3.69. The smallest absolute Gasteiger partial charge is 0.242 e. The van der Waals surface area contributed by atoms with E-state index in [9.17, 15) is 8.42 Å². The summed E-state index contributed by atoms with van der Waals surface area (Å²) < 4.78 is 31.6. The quantitative estimate of drug-likeness (QED) is 0.800. The highest BCUT2D eigenvalue weighted by molar-refractivity contribution is 7.89. The van der Waals surface area contributed by atoms with Crippen molar-refractivity contribution in [3.63, 3.8) is 0 Å². The Labute approximate surface area is 116 Å². The Bertz CT molecular complexity index is 727. The van der Waals surface area contributed by atoms with Crippen molar-refractivity contribution in [1.82, 2.24) is 9.71 Å². The van der Waals surface area contributed by atoms with Gasteiger partial charge in [0.25, 0.3) is 0 Å². The lowest BCUT2D eigenvalue weighted by Gasteiger charge is -2.05. The van der Waals surface area contributed by atoms with Crippen molar-refractivity contribution < 1.29 is 17.9 Å². The van der Waals surface area contributed by atoms with Crippen LogP contribution in [0.15, 0.2) is 46.2 Å². The maximum absolute atomic E-state index is 12.1. The first-order valence-electron chi connectivity index (χ1n) is 5.68. The Morgan fingerprint density at radius 2 is 2.25 bits per heavy atom. The number of sulfonamides is 1. The number of aliphatic hydroxyl groups is 1. The van der Waals surface area contributed by atoms with Gasteiger partial charge in [0.1, 0.15) is 17.3 Å². The molecule has 20 heavy (non-hydrogen) atoms. The van der Waals surface area contributed by atoms with E-state index < -0.39 is 10.0 Å². The van der Waals surface area contributed by atoms with Crippen LogP contribution in [-0.2, 0) is 16.6 Å². The van der Waals surface area contributed by atoms with Crippen LogP contribution >= 0.6 is 0 Å². The highest BCUT2D eigenvalue weighted by Gasteiger charge is 2.15. The highest BCUT2D eigenvalue weighted by Crippen LogP contribution is 2.10. The van der Waals surface area contributed by atoms with Gasteiger partial charge in [-0.15, -0.1) is 0 Å². The van der Waals surface area contributed by atoms with Crippen molar-refractivity contribution in [2.75, 3.05) is 6.61 Å². The Kier molecular flexibility index (Phi) is 4.53. The molecule has 2 heterocycles.